The highest BCUT2D eigenvalue weighted by molar-refractivity contribution is 6.00. The molecular formula is C13H16N4O4. The Labute approximate surface area is 120 Å². The average Bonchev–Trinajstić information content (AvgIpc) is 2.74. The predicted octanol–water partition coefficient (Wildman–Crippen LogP) is 0.299. The van der Waals surface area contributed by atoms with E-state index in [1.165, 1.54) is 15.5 Å². The molecule has 112 valence electrons. The van der Waals surface area contributed by atoms with Crippen molar-refractivity contribution in [2.45, 2.75) is 6.54 Å². The summed E-state index contributed by atoms with van der Waals surface area (Å²) in [6.45, 7) is 0.517. The number of aromatic nitrogens is 2. The molecule has 0 saturated carbocycles. The number of benzene rings is 1. The number of aromatic carboxylic acids is 1. The number of hydrogen-bond acceptors (Lipinski definition) is 3. The number of fused-ring (bicyclic) bond motifs is 1. The Morgan fingerprint density at radius 1 is 1.38 bits per heavy atom. The molecule has 3 N–H and O–H groups in total. The van der Waals surface area contributed by atoms with Gasteiger partial charge in [-0.1, -0.05) is 6.07 Å². The first-order valence-corrected chi connectivity index (χ1v) is 6.32. The summed E-state index contributed by atoms with van der Waals surface area (Å²) in [5.74, 6) is -1.10. The second-order valence-electron chi connectivity index (χ2n) is 4.71. The van der Waals surface area contributed by atoms with Gasteiger partial charge in [-0.2, -0.15) is 0 Å². The fourth-order valence-corrected chi connectivity index (χ4v) is 2.01. The second kappa shape index (κ2) is 5.70. The number of amides is 2. The van der Waals surface area contributed by atoms with Crippen LogP contribution in [0.5, 0.6) is 0 Å². The summed E-state index contributed by atoms with van der Waals surface area (Å²) in [7, 11) is 3.23. The van der Waals surface area contributed by atoms with Crippen LogP contribution in [0.25, 0.3) is 11.0 Å². The molecule has 2 rings (SSSR count). The van der Waals surface area contributed by atoms with Crippen LogP contribution in [0.2, 0.25) is 0 Å². The molecule has 0 aliphatic heterocycles. The van der Waals surface area contributed by atoms with Crippen molar-refractivity contribution < 1.29 is 14.7 Å². The highest BCUT2D eigenvalue weighted by Crippen LogP contribution is 2.15. The van der Waals surface area contributed by atoms with E-state index in [4.69, 9.17) is 5.11 Å². The Morgan fingerprint density at radius 3 is 2.71 bits per heavy atom. The van der Waals surface area contributed by atoms with Crippen molar-refractivity contribution in [1.29, 1.82) is 0 Å². The third kappa shape index (κ3) is 2.88. The average molecular weight is 292 g/mol. The third-order valence-corrected chi connectivity index (χ3v) is 3.06. The number of nitrogens with zero attached hydrogens (tertiary/aromatic N) is 2. The number of carboxylic acid groups (broad SMARTS) is 1. The summed E-state index contributed by atoms with van der Waals surface area (Å²) in [6.07, 6.45) is 0. The Balaban J connectivity index is 2.27. The lowest BCUT2D eigenvalue weighted by molar-refractivity contribution is 0.0699. The number of nitrogens with one attached hydrogen (secondary N) is 2. The minimum absolute atomic E-state index is 0.0423. The van der Waals surface area contributed by atoms with Crippen molar-refractivity contribution in [2.24, 2.45) is 0 Å². The van der Waals surface area contributed by atoms with Crippen LogP contribution in [-0.4, -0.2) is 52.2 Å². The molecule has 0 fully saturated rings. The summed E-state index contributed by atoms with van der Waals surface area (Å²) in [5.41, 5.74) is 0.423. The van der Waals surface area contributed by atoms with E-state index >= 15 is 0 Å². The molecule has 0 saturated heterocycles. The zero-order chi connectivity index (χ0) is 15.6. The van der Waals surface area contributed by atoms with E-state index in [1.807, 2.05) is 0 Å². The second-order valence-corrected chi connectivity index (χ2v) is 4.71. The summed E-state index contributed by atoms with van der Waals surface area (Å²) >= 11 is 0. The van der Waals surface area contributed by atoms with Crippen LogP contribution in [0.3, 0.4) is 0 Å². The topological polar surface area (TPSA) is 107 Å². The lowest BCUT2D eigenvalue weighted by Gasteiger charge is -2.12. The quantitative estimate of drug-likeness (QED) is 0.753. The molecule has 1 aromatic carbocycles. The zero-order valence-electron chi connectivity index (χ0n) is 11.7. The van der Waals surface area contributed by atoms with Crippen LogP contribution in [0, 0.1) is 0 Å². The van der Waals surface area contributed by atoms with E-state index in [1.54, 1.807) is 26.2 Å². The monoisotopic (exact) mass is 292 g/mol. The first-order chi connectivity index (χ1) is 9.91. The maximum absolute atomic E-state index is 11.9. The molecule has 2 aromatic rings. The molecular weight excluding hydrogens is 276 g/mol. The van der Waals surface area contributed by atoms with Gasteiger partial charge in [-0.25, -0.2) is 14.4 Å². The molecule has 1 heterocycles. The lowest BCUT2D eigenvalue weighted by atomic mass is 10.2. The van der Waals surface area contributed by atoms with Gasteiger partial charge < -0.3 is 20.3 Å². The normalized spacial score (nSPS) is 10.6. The molecule has 8 heteroatoms. The predicted molar refractivity (Wildman–Crippen MR) is 76.6 cm³/mol. The van der Waals surface area contributed by atoms with Crippen molar-refractivity contribution in [3.05, 3.63) is 34.2 Å². The Bertz CT molecular complexity index is 744. The van der Waals surface area contributed by atoms with E-state index in [9.17, 15) is 14.4 Å². The standard InChI is InChI=1S/C13H16N4O4/c1-16(2)12(20)14-6-7-17-9-5-3-4-8(11(18)19)10(9)15-13(17)21/h3-5H,6-7H2,1-2H3,(H,14,20)(H,15,21)(H,18,19). The lowest BCUT2D eigenvalue weighted by Crippen LogP contribution is -2.37. The van der Waals surface area contributed by atoms with Gasteiger partial charge in [0.05, 0.1) is 16.6 Å². The SMILES string of the molecule is CN(C)C(=O)NCCn1c(=O)[nH]c2c(C(=O)O)cccc21. The molecule has 1 aromatic heterocycles. The number of imidazole rings is 1. The van der Waals surface area contributed by atoms with Gasteiger partial charge in [0.15, 0.2) is 0 Å². The van der Waals surface area contributed by atoms with Crippen LogP contribution >= 0.6 is 0 Å². The van der Waals surface area contributed by atoms with Crippen LogP contribution in [0.15, 0.2) is 23.0 Å². The molecule has 0 aliphatic rings. The Morgan fingerprint density at radius 2 is 2.10 bits per heavy atom. The summed E-state index contributed by atoms with van der Waals surface area (Å²) < 4.78 is 1.40. The van der Waals surface area contributed by atoms with Gasteiger partial charge in [-0.05, 0) is 12.1 Å². The van der Waals surface area contributed by atoms with Gasteiger partial charge in [-0.15, -0.1) is 0 Å². The maximum Gasteiger partial charge on any atom is 0.337 e. The van der Waals surface area contributed by atoms with Gasteiger partial charge in [0.25, 0.3) is 0 Å². The van der Waals surface area contributed by atoms with Gasteiger partial charge in [0.1, 0.15) is 0 Å². The number of carbonyl (C=O) groups excluding carboxylic acids is 1. The number of urea groups is 1. The van der Waals surface area contributed by atoms with Gasteiger partial charge in [-0.3, -0.25) is 4.57 Å². The first kappa shape index (κ1) is 14.6. The van der Waals surface area contributed by atoms with E-state index in [0.29, 0.717) is 5.52 Å². The summed E-state index contributed by atoms with van der Waals surface area (Å²) in [4.78, 5) is 38.4. The minimum Gasteiger partial charge on any atom is -0.478 e. The first-order valence-electron chi connectivity index (χ1n) is 6.32. The fraction of sp³-hybridized carbons (Fsp3) is 0.308. The zero-order valence-corrected chi connectivity index (χ0v) is 11.7. The van der Waals surface area contributed by atoms with Crippen molar-refractivity contribution in [3.63, 3.8) is 0 Å². The van der Waals surface area contributed by atoms with E-state index < -0.39 is 11.7 Å². The van der Waals surface area contributed by atoms with Crippen LogP contribution in [0.1, 0.15) is 10.4 Å². The van der Waals surface area contributed by atoms with E-state index in [-0.39, 0.29) is 30.2 Å². The smallest absolute Gasteiger partial charge is 0.337 e. The van der Waals surface area contributed by atoms with E-state index in [0.717, 1.165) is 0 Å². The Hall–Kier alpha value is -2.77. The fourth-order valence-electron chi connectivity index (χ4n) is 2.01. The number of para-hydroxylation sites is 1. The molecule has 0 bridgehead atoms. The number of carbonyl (C=O) groups is 2. The third-order valence-electron chi connectivity index (χ3n) is 3.06. The number of aromatic amines is 1. The minimum atomic E-state index is -1.10. The Kier molecular flexibility index (Phi) is 3.97. The van der Waals surface area contributed by atoms with Crippen LogP contribution in [-0.2, 0) is 6.54 Å². The molecule has 0 spiro atoms. The number of hydrogen-bond donors (Lipinski definition) is 3. The van der Waals surface area contributed by atoms with Crippen molar-refractivity contribution in [3.8, 4) is 0 Å². The largest absolute Gasteiger partial charge is 0.478 e. The number of H-pyrrole nitrogens is 1. The van der Waals surface area contributed by atoms with Crippen molar-refractivity contribution >= 4 is 23.0 Å². The van der Waals surface area contributed by atoms with Crippen molar-refractivity contribution in [2.75, 3.05) is 20.6 Å². The molecule has 21 heavy (non-hydrogen) atoms. The molecule has 2 amide bonds. The highest BCUT2D eigenvalue weighted by atomic mass is 16.4. The maximum atomic E-state index is 11.9. The van der Waals surface area contributed by atoms with E-state index in [2.05, 4.69) is 10.3 Å². The van der Waals surface area contributed by atoms with Crippen molar-refractivity contribution in [1.82, 2.24) is 19.8 Å². The molecule has 0 aliphatic carbocycles. The number of rotatable bonds is 4. The van der Waals surface area contributed by atoms with Gasteiger partial charge in [0, 0.05) is 27.2 Å². The molecule has 0 radical (unpaired) electrons. The molecule has 0 atom stereocenters. The van der Waals surface area contributed by atoms with Gasteiger partial charge in [0.2, 0.25) is 0 Å². The summed E-state index contributed by atoms with van der Waals surface area (Å²) in [6, 6.07) is 4.41. The van der Waals surface area contributed by atoms with Crippen LogP contribution < -0.4 is 11.0 Å². The molecule has 8 nitrogen and oxygen atoms in total. The van der Waals surface area contributed by atoms with Crippen LogP contribution in [0.4, 0.5) is 4.79 Å². The summed E-state index contributed by atoms with van der Waals surface area (Å²) in [5, 5.41) is 11.7. The van der Waals surface area contributed by atoms with Gasteiger partial charge >= 0.3 is 17.7 Å². The molecule has 0 unspecified atom stereocenters. The highest BCUT2D eigenvalue weighted by Gasteiger charge is 2.14. The number of carboxylic acids is 1.